The molecule has 4 rings (SSSR count). The minimum absolute atomic E-state index is 0.0578. The molecule has 12 nitrogen and oxygen atoms in total. The number of allylic oxidation sites excluding steroid dienone is 2. The monoisotopic (exact) mass is 547 g/mol. The van der Waals surface area contributed by atoms with Crippen LogP contribution in [0.15, 0.2) is 48.7 Å². The van der Waals surface area contributed by atoms with Crippen molar-refractivity contribution in [3.63, 3.8) is 0 Å². The van der Waals surface area contributed by atoms with Crippen LogP contribution in [0.2, 0.25) is 0 Å². The molecule has 2 aliphatic rings. The number of urea groups is 1. The third kappa shape index (κ3) is 7.34. The number of ether oxygens (including phenoxy) is 2. The number of likely N-dealkylation sites (tertiary alicyclic amines) is 1. The SMILES string of the molecule is COc1cc(NC(=O)NCCO)cc(Nc2nccc(C3=CCC(C#N)(OC4CCN(C(C)=O)CC4)C=C3)n2)c1. The summed E-state index contributed by atoms with van der Waals surface area (Å²) in [7, 11) is 1.52. The van der Waals surface area contributed by atoms with E-state index in [4.69, 9.17) is 14.6 Å². The van der Waals surface area contributed by atoms with E-state index in [1.165, 1.54) is 7.11 Å². The summed E-state index contributed by atoms with van der Waals surface area (Å²) in [4.78, 5) is 34.3. The maximum absolute atomic E-state index is 12.0. The normalized spacial score (nSPS) is 18.9. The molecule has 2 aromatic rings. The molecule has 12 heteroatoms. The number of amides is 3. The fourth-order valence-corrected chi connectivity index (χ4v) is 4.51. The molecule has 1 aromatic heterocycles. The minimum Gasteiger partial charge on any atom is -0.497 e. The van der Waals surface area contributed by atoms with Gasteiger partial charge in [-0.1, -0.05) is 12.2 Å². The topological polar surface area (TPSA) is 162 Å². The molecule has 0 bridgehead atoms. The van der Waals surface area contributed by atoms with Crippen molar-refractivity contribution in [1.29, 1.82) is 5.26 Å². The Morgan fingerprint density at radius 1 is 1.25 bits per heavy atom. The third-order valence-electron chi connectivity index (χ3n) is 6.62. The standard InChI is InChI=1S/C28H33N7O5/c1-19(37)35-12-6-23(7-13-35)40-28(18-29)8-3-20(4-9-28)25-5-10-30-26(34-25)32-21-15-22(17-24(16-21)39-2)33-27(38)31-11-14-36/h3-5,8,10,15-17,23,36H,6-7,9,11-14H2,1-2H3,(H,30,32,34)(H2,31,33,38). The summed E-state index contributed by atoms with van der Waals surface area (Å²) in [6, 6.07) is 8.75. The average Bonchev–Trinajstić information content (AvgIpc) is 2.96. The number of benzene rings is 1. The van der Waals surface area contributed by atoms with E-state index in [1.807, 2.05) is 12.2 Å². The van der Waals surface area contributed by atoms with E-state index in [0.717, 1.165) is 5.57 Å². The Labute approximate surface area is 232 Å². The zero-order chi connectivity index (χ0) is 28.5. The molecule has 1 saturated heterocycles. The number of methoxy groups -OCH3 is 1. The number of piperidine rings is 1. The van der Waals surface area contributed by atoms with Crippen molar-refractivity contribution in [3.05, 3.63) is 54.4 Å². The molecular weight excluding hydrogens is 514 g/mol. The van der Waals surface area contributed by atoms with Crippen LogP contribution < -0.4 is 20.7 Å². The van der Waals surface area contributed by atoms with Crippen LogP contribution in [-0.4, -0.2) is 77.0 Å². The highest BCUT2D eigenvalue weighted by molar-refractivity contribution is 5.90. The Balaban J connectivity index is 1.42. The number of aromatic nitrogens is 2. The van der Waals surface area contributed by atoms with Gasteiger partial charge >= 0.3 is 6.03 Å². The van der Waals surface area contributed by atoms with Gasteiger partial charge in [-0.2, -0.15) is 5.26 Å². The molecule has 1 aliphatic carbocycles. The van der Waals surface area contributed by atoms with Gasteiger partial charge in [-0.15, -0.1) is 0 Å². The maximum Gasteiger partial charge on any atom is 0.319 e. The van der Waals surface area contributed by atoms with Gasteiger partial charge in [0.05, 0.1) is 25.5 Å². The van der Waals surface area contributed by atoms with Gasteiger partial charge in [0, 0.05) is 62.7 Å². The number of hydrogen-bond acceptors (Lipinski definition) is 9. The fraction of sp³-hybridized carbons (Fsp3) is 0.393. The number of aliphatic hydroxyl groups excluding tert-OH is 1. The van der Waals surface area contributed by atoms with Crippen LogP contribution in [0, 0.1) is 11.3 Å². The van der Waals surface area contributed by atoms with Crippen LogP contribution in [-0.2, 0) is 9.53 Å². The van der Waals surface area contributed by atoms with Crippen LogP contribution in [0.3, 0.4) is 0 Å². The zero-order valence-electron chi connectivity index (χ0n) is 22.5. The second-order valence-corrected chi connectivity index (χ2v) is 9.47. The first kappa shape index (κ1) is 28.5. The van der Waals surface area contributed by atoms with E-state index in [-0.39, 0.29) is 25.2 Å². The molecule has 0 radical (unpaired) electrons. The Morgan fingerprint density at radius 3 is 2.67 bits per heavy atom. The summed E-state index contributed by atoms with van der Waals surface area (Å²) in [5.74, 6) is 0.903. The summed E-state index contributed by atoms with van der Waals surface area (Å²) >= 11 is 0. The second kappa shape index (κ2) is 13.1. The van der Waals surface area contributed by atoms with Gasteiger partial charge < -0.3 is 35.4 Å². The van der Waals surface area contributed by atoms with Gasteiger partial charge in [0.1, 0.15) is 11.8 Å². The maximum atomic E-state index is 12.0. The van der Waals surface area contributed by atoms with E-state index in [2.05, 4.69) is 32.0 Å². The number of anilines is 3. The highest BCUT2D eigenvalue weighted by Gasteiger charge is 2.34. The first-order valence-corrected chi connectivity index (χ1v) is 13.0. The number of rotatable bonds is 9. The highest BCUT2D eigenvalue weighted by atomic mass is 16.5. The van der Waals surface area contributed by atoms with Gasteiger partial charge in [0.15, 0.2) is 5.60 Å². The number of hydrogen-bond donors (Lipinski definition) is 4. The van der Waals surface area contributed by atoms with Crippen LogP contribution in [0.4, 0.5) is 22.1 Å². The lowest BCUT2D eigenvalue weighted by molar-refractivity contribution is -0.132. The van der Waals surface area contributed by atoms with Crippen LogP contribution in [0.1, 0.15) is 31.9 Å². The van der Waals surface area contributed by atoms with Crippen molar-refractivity contribution in [2.24, 2.45) is 0 Å². The van der Waals surface area contributed by atoms with Gasteiger partial charge in [0.2, 0.25) is 11.9 Å². The molecule has 40 heavy (non-hydrogen) atoms. The first-order valence-electron chi connectivity index (χ1n) is 13.0. The number of carbonyl (C=O) groups excluding carboxylic acids is 2. The van der Waals surface area contributed by atoms with Crippen molar-refractivity contribution in [1.82, 2.24) is 20.2 Å². The van der Waals surface area contributed by atoms with Gasteiger partial charge in [0.25, 0.3) is 0 Å². The first-order chi connectivity index (χ1) is 19.3. The molecule has 1 atom stereocenters. The molecule has 2 heterocycles. The molecule has 0 spiro atoms. The predicted molar refractivity (Wildman–Crippen MR) is 149 cm³/mol. The van der Waals surface area contributed by atoms with E-state index < -0.39 is 11.6 Å². The van der Waals surface area contributed by atoms with Gasteiger partial charge in [-0.25, -0.2) is 14.8 Å². The largest absolute Gasteiger partial charge is 0.497 e. The summed E-state index contributed by atoms with van der Waals surface area (Å²) < 4.78 is 11.6. The third-order valence-corrected chi connectivity index (χ3v) is 6.62. The van der Waals surface area contributed by atoms with E-state index >= 15 is 0 Å². The number of nitrogens with zero attached hydrogens (tertiary/aromatic N) is 4. The minimum atomic E-state index is -1.06. The molecule has 1 unspecified atom stereocenters. The number of aliphatic hydroxyl groups is 1. The summed E-state index contributed by atoms with van der Waals surface area (Å²) in [6.07, 6.45) is 8.85. The molecule has 210 valence electrons. The van der Waals surface area contributed by atoms with Crippen LogP contribution in [0.5, 0.6) is 5.75 Å². The molecule has 3 amide bonds. The van der Waals surface area contributed by atoms with Crippen molar-refractivity contribution in [2.45, 2.75) is 37.9 Å². The lowest BCUT2D eigenvalue weighted by atomic mass is 9.91. The summed E-state index contributed by atoms with van der Waals surface area (Å²) in [6.45, 7) is 2.79. The van der Waals surface area contributed by atoms with Crippen LogP contribution >= 0.6 is 0 Å². The lowest BCUT2D eigenvalue weighted by Crippen LogP contribution is -2.43. The van der Waals surface area contributed by atoms with Crippen molar-refractivity contribution >= 4 is 34.8 Å². The predicted octanol–water partition coefficient (Wildman–Crippen LogP) is 2.98. The van der Waals surface area contributed by atoms with E-state index in [1.54, 1.807) is 48.4 Å². The average molecular weight is 548 g/mol. The van der Waals surface area contributed by atoms with Crippen molar-refractivity contribution < 1.29 is 24.2 Å². The Kier molecular flexibility index (Phi) is 9.31. The van der Waals surface area contributed by atoms with Crippen molar-refractivity contribution in [2.75, 3.05) is 44.0 Å². The zero-order valence-corrected chi connectivity index (χ0v) is 22.5. The highest BCUT2D eigenvalue weighted by Crippen LogP contribution is 2.32. The smallest absolute Gasteiger partial charge is 0.319 e. The number of nitrogens with one attached hydrogen (secondary N) is 3. The van der Waals surface area contributed by atoms with E-state index in [9.17, 15) is 14.9 Å². The molecular formula is C28H33N7O5. The Morgan fingerprint density at radius 2 is 2.02 bits per heavy atom. The number of carbonyl (C=O) groups is 2. The quantitative estimate of drug-likeness (QED) is 0.370. The molecule has 1 aromatic carbocycles. The summed E-state index contributed by atoms with van der Waals surface area (Å²) in [5.41, 5.74) is 1.51. The lowest BCUT2D eigenvalue weighted by Gasteiger charge is -2.36. The fourth-order valence-electron chi connectivity index (χ4n) is 4.51. The Bertz CT molecular complexity index is 1330. The molecule has 1 fully saturated rings. The summed E-state index contributed by atoms with van der Waals surface area (Å²) in [5, 5.41) is 27.2. The number of nitriles is 1. The van der Waals surface area contributed by atoms with E-state index in [0.29, 0.717) is 61.1 Å². The Hall–Kier alpha value is -4.47. The van der Waals surface area contributed by atoms with Gasteiger partial charge in [-0.3, -0.25) is 4.79 Å². The van der Waals surface area contributed by atoms with Crippen LogP contribution in [0.25, 0.3) is 5.57 Å². The second-order valence-electron chi connectivity index (χ2n) is 9.47. The molecule has 4 N–H and O–H groups in total. The molecule has 1 aliphatic heterocycles. The van der Waals surface area contributed by atoms with Gasteiger partial charge in [-0.05, 0) is 36.6 Å². The van der Waals surface area contributed by atoms with Crippen molar-refractivity contribution in [3.8, 4) is 11.8 Å². The molecule has 0 saturated carbocycles.